The van der Waals surface area contributed by atoms with Gasteiger partial charge in [-0.05, 0) is 56.7 Å². The molecule has 0 bridgehead atoms. The average molecular weight is 259 g/mol. The average Bonchev–Trinajstić information content (AvgIpc) is 2.92. The molecule has 104 valence electrons. The molecule has 0 aromatic heterocycles. The highest BCUT2D eigenvalue weighted by atomic mass is 16.5. The lowest BCUT2D eigenvalue weighted by molar-refractivity contribution is 0.147. The van der Waals surface area contributed by atoms with E-state index in [1.165, 1.54) is 36.8 Å². The third-order valence-electron chi connectivity index (χ3n) is 4.92. The molecule has 2 aliphatic rings. The molecule has 2 nitrogen and oxygen atoms in total. The second-order valence-corrected chi connectivity index (χ2v) is 6.80. The number of nitrogens with one attached hydrogen (secondary N) is 1. The Morgan fingerprint density at radius 2 is 2.26 bits per heavy atom. The maximum Gasteiger partial charge on any atom is 0.123 e. The molecule has 1 aromatic rings. The maximum absolute atomic E-state index is 6.14. The molecular weight excluding hydrogens is 234 g/mol. The van der Waals surface area contributed by atoms with E-state index in [4.69, 9.17) is 4.74 Å². The molecule has 1 fully saturated rings. The number of benzene rings is 1. The van der Waals surface area contributed by atoms with Crippen LogP contribution in [0.15, 0.2) is 18.2 Å². The number of rotatable bonds is 3. The van der Waals surface area contributed by atoms with Crippen LogP contribution in [0, 0.1) is 12.3 Å². The third kappa shape index (κ3) is 2.64. The molecule has 3 unspecified atom stereocenters. The van der Waals surface area contributed by atoms with Crippen LogP contribution in [0.1, 0.15) is 43.7 Å². The zero-order valence-corrected chi connectivity index (χ0v) is 12.3. The Morgan fingerprint density at radius 3 is 3.00 bits per heavy atom. The topological polar surface area (TPSA) is 21.3 Å². The smallest absolute Gasteiger partial charge is 0.123 e. The molecule has 1 heterocycles. The normalized spacial score (nSPS) is 33.2. The van der Waals surface area contributed by atoms with Gasteiger partial charge in [-0.3, -0.25) is 0 Å². The van der Waals surface area contributed by atoms with Crippen molar-refractivity contribution in [3.05, 3.63) is 29.3 Å². The Morgan fingerprint density at radius 1 is 1.42 bits per heavy atom. The highest BCUT2D eigenvalue weighted by Crippen LogP contribution is 2.44. The molecule has 1 saturated carbocycles. The molecule has 0 radical (unpaired) electrons. The summed E-state index contributed by atoms with van der Waals surface area (Å²) in [5.74, 6) is 1.11. The molecule has 3 rings (SSSR count). The first-order valence-corrected chi connectivity index (χ1v) is 7.51. The highest BCUT2D eigenvalue weighted by molar-refractivity contribution is 5.40. The van der Waals surface area contributed by atoms with E-state index in [2.05, 4.69) is 44.4 Å². The standard InChI is InChI=1S/C17H25NO/c1-12-4-5-16-13(8-12)9-15(19-16)11-17(2)7-6-14(10-17)18-3/h4-5,8,14-15,18H,6-7,9-11H2,1-3H3. The Balaban J connectivity index is 1.64. The monoisotopic (exact) mass is 259 g/mol. The molecule has 1 aliphatic carbocycles. The minimum Gasteiger partial charge on any atom is -0.490 e. The van der Waals surface area contributed by atoms with Crippen molar-refractivity contribution in [2.24, 2.45) is 5.41 Å². The van der Waals surface area contributed by atoms with Crippen LogP contribution in [-0.2, 0) is 6.42 Å². The van der Waals surface area contributed by atoms with Crippen molar-refractivity contribution in [1.29, 1.82) is 0 Å². The van der Waals surface area contributed by atoms with Crippen LogP contribution in [0.4, 0.5) is 0 Å². The van der Waals surface area contributed by atoms with Crippen LogP contribution in [0.3, 0.4) is 0 Å². The highest BCUT2D eigenvalue weighted by Gasteiger charge is 2.38. The molecule has 0 saturated heterocycles. The van der Waals surface area contributed by atoms with Gasteiger partial charge in [0.25, 0.3) is 0 Å². The molecule has 0 amide bonds. The van der Waals surface area contributed by atoms with Crippen LogP contribution >= 0.6 is 0 Å². The van der Waals surface area contributed by atoms with Gasteiger partial charge in [0.05, 0.1) is 0 Å². The van der Waals surface area contributed by atoms with Gasteiger partial charge >= 0.3 is 0 Å². The summed E-state index contributed by atoms with van der Waals surface area (Å²) in [5.41, 5.74) is 3.19. The molecule has 1 N–H and O–H groups in total. The van der Waals surface area contributed by atoms with Crippen LogP contribution in [0.25, 0.3) is 0 Å². The van der Waals surface area contributed by atoms with E-state index in [-0.39, 0.29) is 0 Å². The predicted molar refractivity (Wildman–Crippen MR) is 78.7 cm³/mol. The molecule has 1 aliphatic heterocycles. The first-order chi connectivity index (χ1) is 9.08. The first-order valence-electron chi connectivity index (χ1n) is 7.51. The zero-order valence-electron chi connectivity index (χ0n) is 12.3. The number of aryl methyl sites for hydroxylation is 1. The van der Waals surface area contributed by atoms with Crippen molar-refractivity contribution in [3.63, 3.8) is 0 Å². The van der Waals surface area contributed by atoms with Crippen molar-refractivity contribution in [1.82, 2.24) is 5.32 Å². The molecule has 3 atom stereocenters. The van der Waals surface area contributed by atoms with Crippen LogP contribution < -0.4 is 10.1 Å². The van der Waals surface area contributed by atoms with Gasteiger partial charge in [-0.1, -0.05) is 24.6 Å². The summed E-state index contributed by atoms with van der Waals surface area (Å²) in [6.45, 7) is 4.59. The van der Waals surface area contributed by atoms with E-state index in [0.717, 1.165) is 12.2 Å². The number of hydrogen-bond acceptors (Lipinski definition) is 2. The van der Waals surface area contributed by atoms with Crippen LogP contribution in [0.5, 0.6) is 5.75 Å². The van der Waals surface area contributed by atoms with Crippen molar-refractivity contribution in [2.45, 2.75) is 58.1 Å². The SMILES string of the molecule is CNC1CCC(C)(CC2Cc3cc(C)ccc3O2)C1. The lowest BCUT2D eigenvalue weighted by Gasteiger charge is -2.27. The fourth-order valence-corrected chi connectivity index (χ4v) is 3.87. The molecular formula is C17H25NO. The second-order valence-electron chi connectivity index (χ2n) is 6.80. The van der Waals surface area contributed by atoms with E-state index in [1.54, 1.807) is 0 Å². The molecule has 2 heteroatoms. The van der Waals surface area contributed by atoms with Gasteiger partial charge in [0, 0.05) is 12.5 Å². The molecule has 0 spiro atoms. The van der Waals surface area contributed by atoms with Crippen molar-refractivity contribution < 1.29 is 4.74 Å². The van der Waals surface area contributed by atoms with Gasteiger partial charge in [0.1, 0.15) is 11.9 Å². The Hall–Kier alpha value is -1.02. The maximum atomic E-state index is 6.14. The largest absolute Gasteiger partial charge is 0.490 e. The molecule has 1 aromatic carbocycles. The van der Waals surface area contributed by atoms with E-state index < -0.39 is 0 Å². The quantitative estimate of drug-likeness (QED) is 0.897. The van der Waals surface area contributed by atoms with E-state index in [0.29, 0.717) is 17.6 Å². The van der Waals surface area contributed by atoms with Gasteiger partial charge in [-0.25, -0.2) is 0 Å². The van der Waals surface area contributed by atoms with Gasteiger partial charge in [0.2, 0.25) is 0 Å². The summed E-state index contributed by atoms with van der Waals surface area (Å²) in [6.07, 6.45) is 6.60. The first kappa shape index (κ1) is 13.0. The Bertz CT molecular complexity index is 470. The van der Waals surface area contributed by atoms with Crippen molar-refractivity contribution in [2.75, 3.05) is 7.05 Å². The fraction of sp³-hybridized carbons (Fsp3) is 0.647. The summed E-state index contributed by atoms with van der Waals surface area (Å²) in [6, 6.07) is 7.27. The van der Waals surface area contributed by atoms with Gasteiger partial charge in [-0.15, -0.1) is 0 Å². The third-order valence-corrected chi connectivity index (χ3v) is 4.92. The van der Waals surface area contributed by atoms with Gasteiger partial charge in [0.15, 0.2) is 0 Å². The minimum absolute atomic E-state index is 0.386. The van der Waals surface area contributed by atoms with Gasteiger partial charge in [-0.2, -0.15) is 0 Å². The van der Waals surface area contributed by atoms with E-state index in [1.807, 2.05) is 0 Å². The summed E-state index contributed by atoms with van der Waals surface area (Å²) in [4.78, 5) is 0. The predicted octanol–water partition coefficient (Wildman–Crippen LogP) is 3.47. The summed E-state index contributed by atoms with van der Waals surface area (Å²) >= 11 is 0. The lowest BCUT2D eigenvalue weighted by Crippen LogP contribution is -2.27. The number of ether oxygens (including phenoxy) is 1. The summed E-state index contributed by atoms with van der Waals surface area (Å²) < 4.78 is 6.14. The van der Waals surface area contributed by atoms with Crippen molar-refractivity contribution >= 4 is 0 Å². The van der Waals surface area contributed by atoms with E-state index in [9.17, 15) is 0 Å². The van der Waals surface area contributed by atoms with E-state index >= 15 is 0 Å². The lowest BCUT2D eigenvalue weighted by atomic mass is 9.82. The number of fused-ring (bicyclic) bond motifs is 1. The van der Waals surface area contributed by atoms with Gasteiger partial charge < -0.3 is 10.1 Å². The molecule has 19 heavy (non-hydrogen) atoms. The summed E-state index contributed by atoms with van der Waals surface area (Å²) in [7, 11) is 2.08. The minimum atomic E-state index is 0.386. The fourth-order valence-electron chi connectivity index (χ4n) is 3.87. The van der Waals surface area contributed by atoms with Crippen LogP contribution in [-0.4, -0.2) is 19.2 Å². The Labute approximate surface area is 116 Å². The second kappa shape index (κ2) is 4.82. The zero-order chi connectivity index (χ0) is 13.5. The van der Waals surface area contributed by atoms with Crippen molar-refractivity contribution in [3.8, 4) is 5.75 Å². The summed E-state index contributed by atoms with van der Waals surface area (Å²) in [5, 5.41) is 3.43. The number of hydrogen-bond donors (Lipinski definition) is 1. The Kier molecular flexibility index (Phi) is 3.30. The van der Waals surface area contributed by atoms with Crippen LogP contribution in [0.2, 0.25) is 0 Å².